The standard InChI is InChI=1S/C18H22ClN7S/c1-11-5-6-12(2)14(9-11)22-18(27)25-21-10-13-15(19)23-17(20)24-16(13)26-7-3-4-8-26/h5-6,9-10H,3-4,7-8H2,1-2H3,(H2,20,23,24)(H2,22,25,27)/b21-10+. The molecular weight excluding hydrogens is 382 g/mol. The number of rotatable bonds is 4. The van der Waals surface area contributed by atoms with Crippen LogP contribution < -0.4 is 21.4 Å². The normalized spacial score (nSPS) is 14.0. The number of hydrazone groups is 1. The Morgan fingerprint density at radius 3 is 2.78 bits per heavy atom. The lowest BCUT2D eigenvalue weighted by Crippen LogP contribution is -2.25. The van der Waals surface area contributed by atoms with Gasteiger partial charge in [-0.05, 0) is 56.1 Å². The zero-order valence-electron chi connectivity index (χ0n) is 15.3. The summed E-state index contributed by atoms with van der Waals surface area (Å²) in [5.41, 5.74) is 12.4. The zero-order valence-corrected chi connectivity index (χ0v) is 16.9. The smallest absolute Gasteiger partial charge is 0.223 e. The zero-order chi connectivity index (χ0) is 19.4. The van der Waals surface area contributed by atoms with E-state index in [9.17, 15) is 0 Å². The largest absolute Gasteiger partial charge is 0.368 e. The third-order valence-corrected chi connectivity index (χ3v) is 4.78. The predicted octanol–water partition coefficient (Wildman–Crippen LogP) is 3.25. The quantitative estimate of drug-likeness (QED) is 0.312. The van der Waals surface area contributed by atoms with Crippen molar-refractivity contribution in [2.24, 2.45) is 5.10 Å². The van der Waals surface area contributed by atoms with Crippen LogP contribution in [0.25, 0.3) is 0 Å². The molecule has 0 aliphatic carbocycles. The Morgan fingerprint density at radius 2 is 2.04 bits per heavy atom. The number of nitrogens with two attached hydrogens (primary N) is 1. The summed E-state index contributed by atoms with van der Waals surface area (Å²) in [5.74, 6) is 0.850. The highest BCUT2D eigenvalue weighted by Gasteiger charge is 2.20. The summed E-state index contributed by atoms with van der Waals surface area (Å²) in [6.07, 6.45) is 3.80. The molecule has 4 N–H and O–H groups in total. The molecule has 3 rings (SSSR count). The van der Waals surface area contributed by atoms with Gasteiger partial charge in [0.2, 0.25) is 5.95 Å². The lowest BCUT2D eigenvalue weighted by Gasteiger charge is -2.19. The van der Waals surface area contributed by atoms with Crippen LogP contribution in [-0.2, 0) is 0 Å². The van der Waals surface area contributed by atoms with Crippen molar-refractivity contribution in [1.82, 2.24) is 15.4 Å². The lowest BCUT2D eigenvalue weighted by molar-refractivity contribution is 0.928. The second-order valence-corrected chi connectivity index (χ2v) is 7.21. The first kappa shape index (κ1) is 19.3. The fraction of sp³-hybridized carbons (Fsp3) is 0.333. The van der Waals surface area contributed by atoms with E-state index in [1.807, 2.05) is 26.0 Å². The average Bonchev–Trinajstić information content (AvgIpc) is 3.14. The highest BCUT2D eigenvalue weighted by Crippen LogP contribution is 2.26. The molecule has 2 aromatic rings. The maximum atomic E-state index is 6.27. The highest BCUT2D eigenvalue weighted by molar-refractivity contribution is 7.80. The fourth-order valence-corrected chi connectivity index (χ4v) is 3.29. The molecule has 1 fully saturated rings. The van der Waals surface area contributed by atoms with Crippen LogP contribution in [0.2, 0.25) is 5.15 Å². The number of thiocarbonyl (C=S) groups is 1. The SMILES string of the molecule is Cc1ccc(C)c(NC(=S)N/N=C/c2c(Cl)nc(N)nc2N2CCCC2)c1. The number of nitrogen functional groups attached to an aromatic ring is 1. The molecule has 0 spiro atoms. The van der Waals surface area contributed by atoms with E-state index >= 15 is 0 Å². The Hall–Kier alpha value is -2.45. The van der Waals surface area contributed by atoms with E-state index in [2.05, 4.69) is 36.8 Å². The van der Waals surface area contributed by atoms with Gasteiger partial charge in [-0.25, -0.2) is 4.98 Å². The molecule has 0 amide bonds. The van der Waals surface area contributed by atoms with Gasteiger partial charge in [0.25, 0.3) is 0 Å². The van der Waals surface area contributed by atoms with Gasteiger partial charge in [-0.2, -0.15) is 10.1 Å². The van der Waals surface area contributed by atoms with Crippen molar-refractivity contribution in [2.75, 3.05) is 29.0 Å². The average molecular weight is 404 g/mol. The van der Waals surface area contributed by atoms with Crippen LogP contribution in [0.3, 0.4) is 0 Å². The Labute approximate surface area is 169 Å². The van der Waals surface area contributed by atoms with Crippen LogP contribution >= 0.6 is 23.8 Å². The molecule has 0 radical (unpaired) electrons. The van der Waals surface area contributed by atoms with Crippen LogP contribution in [-0.4, -0.2) is 34.4 Å². The van der Waals surface area contributed by atoms with Gasteiger partial charge in [-0.1, -0.05) is 23.7 Å². The summed E-state index contributed by atoms with van der Waals surface area (Å²) in [6.45, 7) is 5.87. The van der Waals surface area contributed by atoms with Gasteiger partial charge in [-0.15, -0.1) is 0 Å². The van der Waals surface area contributed by atoms with Gasteiger partial charge in [0.05, 0.1) is 11.8 Å². The molecule has 7 nitrogen and oxygen atoms in total. The number of hydrogen-bond donors (Lipinski definition) is 3. The van der Waals surface area contributed by atoms with Crippen molar-refractivity contribution in [2.45, 2.75) is 26.7 Å². The number of nitrogens with one attached hydrogen (secondary N) is 2. The Kier molecular flexibility index (Phi) is 6.08. The van der Waals surface area contributed by atoms with E-state index in [1.54, 1.807) is 6.21 Å². The van der Waals surface area contributed by atoms with Gasteiger partial charge < -0.3 is 16.0 Å². The van der Waals surface area contributed by atoms with Gasteiger partial charge in [0.1, 0.15) is 11.0 Å². The number of halogens is 1. The second-order valence-electron chi connectivity index (χ2n) is 6.45. The first-order chi connectivity index (χ1) is 12.9. The van der Waals surface area contributed by atoms with Crippen molar-refractivity contribution >= 4 is 52.6 Å². The van der Waals surface area contributed by atoms with Crippen LogP contribution in [0.1, 0.15) is 29.5 Å². The number of benzene rings is 1. The predicted molar refractivity (Wildman–Crippen MR) is 116 cm³/mol. The van der Waals surface area contributed by atoms with Gasteiger partial charge in [0, 0.05) is 18.8 Å². The van der Waals surface area contributed by atoms with E-state index in [4.69, 9.17) is 29.6 Å². The summed E-state index contributed by atoms with van der Waals surface area (Å²) in [4.78, 5) is 10.5. The van der Waals surface area contributed by atoms with E-state index < -0.39 is 0 Å². The summed E-state index contributed by atoms with van der Waals surface area (Å²) in [7, 11) is 0. The molecule has 27 heavy (non-hydrogen) atoms. The molecule has 142 valence electrons. The third-order valence-electron chi connectivity index (χ3n) is 4.30. The monoisotopic (exact) mass is 403 g/mol. The van der Waals surface area contributed by atoms with E-state index in [-0.39, 0.29) is 11.1 Å². The topological polar surface area (TPSA) is 91.5 Å². The maximum absolute atomic E-state index is 6.27. The molecular formula is C18H22ClN7S. The molecule has 0 unspecified atom stereocenters. The first-order valence-electron chi connectivity index (χ1n) is 8.69. The Bertz CT molecular complexity index is 878. The molecule has 9 heteroatoms. The molecule has 1 aromatic heterocycles. The number of aromatic nitrogens is 2. The van der Waals surface area contributed by atoms with Crippen molar-refractivity contribution in [1.29, 1.82) is 0 Å². The van der Waals surface area contributed by atoms with E-state index in [1.165, 1.54) is 0 Å². The Balaban J connectivity index is 1.72. The minimum Gasteiger partial charge on any atom is -0.368 e. The highest BCUT2D eigenvalue weighted by atomic mass is 35.5. The first-order valence-corrected chi connectivity index (χ1v) is 9.48. The van der Waals surface area contributed by atoms with Crippen molar-refractivity contribution < 1.29 is 0 Å². The van der Waals surface area contributed by atoms with Gasteiger partial charge in [-0.3, -0.25) is 5.43 Å². The maximum Gasteiger partial charge on any atom is 0.223 e. The van der Waals surface area contributed by atoms with E-state index in [0.717, 1.165) is 42.7 Å². The molecule has 0 atom stereocenters. The number of hydrogen-bond acceptors (Lipinski definition) is 6. The number of anilines is 3. The lowest BCUT2D eigenvalue weighted by atomic mass is 10.1. The Morgan fingerprint density at radius 1 is 1.30 bits per heavy atom. The summed E-state index contributed by atoms with van der Waals surface area (Å²) < 4.78 is 0. The molecule has 0 saturated carbocycles. The van der Waals surface area contributed by atoms with Crippen molar-refractivity contribution in [3.8, 4) is 0 Å². The number of nitrogens with zero attached hydrogens (tertiary/aromatic N) is 4. The van der Waals surface area contributed by atoms with E-state index in [0.29, 0.717) is 16.5 Å². The molecule has 2 heterocycles. The molecule has 0 bridgehead atoms. The molecule has 1 aromatic carbocycles. The molecule has 1 aliphatic rings. The van der Waals surface area contributed by atoms with Crippen molar-refractivity contribution in [3.05, 3.63) is 40.0 Å². The number of aryl methyl sites for hydroxylation is 2. The summed E-state index contributed by atoms with van der Waals surface area (Å²) >= 11 is 11.6. The summed E-state index contributed by atoms with van der Waals surface area (Å²) in [6, 6.07) is 6.12. The van der Waals surface area contributed by atoms with Gasteiger partial charge in [0.15, 0.2) is 5.11 Å². The minimum absolute atomic E-state index is 0.152. The van der Waals surface area contributed by atoms with Crippen LogP contribution in [0.5, 0.6) is 0 Å². The van der Waals surface area contributed by atoms with Crippen LogP contribution in [0, 0.1) is 13.8 Å². The second kappa shape index (κ2) is 8.49. The third kappa shape index (κ3) is 4.84. The summed E-state index contributed by atoms with van der Waals surface area (Å²) in [5, 5.41) is 8.00. The fourth-order valence-electron chi connectivity index (χ4n) is 2.90. The molecule has 1 aliphatic heterocycles. The van der Waals surface area contributed by atoms with Crippen LogP contribution in [0.15, 0.2) is 23.3 Å². The minimum atomic E-state index is 0.152. The van der Waals surface area contributed by atoms with Crippen molar-refractivity contribution in [3.63, 3.8) is 0 Å². The van der Waals surface area contributed by atoms with Gasteiger partial charge >= 0.3 is 0 Å². The molecule has 1 saturated heterocycles. The van der Waals surface area contributed by atoms with Crippen LogP contribution in [0.4, 0.5) is 17.5 Å².